The molecule has 0 spiro atoms. The second kappa shape index (κ2) is 3.83. The zero-order valence-corrected chi connectivity index (χ0v) is 9.63. The molecule has 6 heteroatoms. The number of hydrogen-bond acceptors (Lipinski definition) is 3. The van der Waals surface area contributed by atoms with Crippen LogP contribution in [0, 0.1) is 0 Å². The number of benzene rings is 1. The van der Waals surface area contributed by atoms with E-state index >= 15 is 0 Å². The number of alkyl halides is 2. The van der Waals surface area contributed by atoms with Gasteiger partial charge in [0.15, 0.2) is 15.7 Å². The Hall–Kier alpha value is -1.07. The molecule has 0 amide bonds. The van der Waals surface area contributed by atoms with Crippen LogP contribution in [0.15, 0.2) is 27.4 Å². The van der Waals surface area contributed by atoms with Crippen molar-refractivity contribution in [3.63, 3.8) is 0 Å². The van der Waals surface area contributed by atoms with Crippen molar-refractivity contribution in [1.82, 2.24) is 4.98 Å². The summed E-state index contributed by atoms with van der Waals surface area (Å²) in [5.41, 5.74) is 1.31. The van der Waals surface area contributed by atoms with Gasteiger partial charge in [0.1, 0.15) is 0 Å². The molecule has 1 heterocycles. The normalized spacial score (nSPS) is 12.9. The zero-order valence-electron chi connectivity index (χ0n) is 7.29. The monoisotopic (exact) mass is 289 g/mol. The van der Waals surface area contributed by atoms with Crippen LogP contribution in [-0.4, -0.2) is 15.1 Å². The molecule has 1 atom stereocenters. The van der Waals surface area contributed by atoms with Gasteiger partial charge in [-0.25, -0.2) is 4.79 Å². The van der Waals surface area contributed by atoms with E-state index in [1.807, 2.05) is 0 Å². The lowest BCUT2D eigenvalue weighted by Crippen LogP contribution is -2.07. The van der Waals surface area contributed by atoms with E-state index in [1.165, 1.54) is 6.07 Å². The van der Waals surface area contributed by atoms with E-state index in [0.717, 1.165) is 0 Å². The third-order valence-electron chi connectivity index (χ3n) is 1.90. The van der Waals surface area contributed by atoms with Crippen LogP contribution in [-0.2, 0) is 0 Å². The van der Waals surface area contributed by atoms with Gasteiger partial charge in [0.05, 0.1) is 5.52 Å². The summed E-state index contributed by atoms with van der Waals surface area (Å²) in [5, 5.41) is 0. The lowest BCUT2D eigenvalue weighted by Gasteiger charge is -1.99. The van der Waals surface area contributed by atoms with Gasteiger partial charge in [0, 0.05) is 5.56 Å². The zero-order chi connectivity index (χ0) is 11.0. The number of aromatic nitrogens is 1. The maximum Gasteiger partial charge on any atom is 0.417 e. The summed E-state index contributed by atoms with van der Waals surface area (Å²) in [7, 11) is 0. The van der Waals surface area contributed by atoms with Gasteiger partial charge in [-0.1, -0.05) is 15.9 Å². The van der Waals surface area contributed by atoms with Crippen molar-refractivity contribution in [2.24, 2.45) is 0 Å². The third-order valence-corrected chi connectivity index (χ3v) is 2.52. The van der Waals surface area contributed by atoms with Gasteiger partial charge in [-0.3, -0.25) is 9.78 Å². The summed E-state index contributed by atoms with van der Waals surface area (Å²) in [4.78, 5) is 24.8. The predicted octanol–water partition coefficient (Wildman–Crippen LogP) is 2.26. The Balaban J connectivity index is 2.55. The lowest BCUT2D eigenvalue weighted by atomic mass is 10.1. The number of nitrogens with one attached hydrogen (secondary N) is 1. The second-order valence-electron chi connectivity index (χ2n) is 2.89. The van der Waals surface area contributed by atoms with Crippen LogP contribution in [0.1, 0.15) is 10.4 Å². The van der Waals surface area contributed by atoms with E-state index in [0.29, 0.717) is 16.7 Å². The molecule has 0 fully saturated rings. The van der Waals surface area contributed by atoms with Crippen molar-refractivity contribution < 1.29 is 9.21 Å². The van der Waals surface area contributed by atoms with Crippen LogP contribution in [0.2, 0.25) is 0 Å². The SMILES string of the molecule is O=C(c1ccc2oc(=O)[nH]c2c1)C(Cl)Br. The highest BCUT2D eigenvalue weighted by Gasteiger charge is 2.14. The Morgan fingerprint density at radius 3 is 2.93 bits per heavy atom. The van der Waals surface area contributed by atoms with Crippen LogP contribution < -0.4 is 5.76 Å². The molecule has 1 aromatic heterocycles. The van der Waals surface area contributed by atoms with E-state index in [2.05, 4.69) is 20.9 Å². The van der Waals surface area contributed by atoms with Crippen LogP contribution in [0.25, 0.3) is 11.1 Å². The fourth-order valence-corrected chi connectivity index (χ4v) is 1.62. The molecular weight excluding hydrogens is 285 g/mol. The smallest absolute Gasteiger partial charge is 0.408 e. The lowest BCUT2D eigenvalue weighted by molar-refractivity contribution is 0.101. The number of carbonyl (C=O) groups excluding carboxylic acids is 1. The van der Waals surface area contributed by atoms with Crippen molar-refractivity contribution >= 4 is 44.4 Å². The maximum atomic E-state index is 11.5. The fraction of sp³-hybridized carbons (Fsp3) is 0.111. The molecule has 0 saturated carbocycles. The number of fused-ring (bicyclic) bond motifs is 1. The molecule has 15 heavy (non-hydrogen) atoms. The fourth-order valence-electron chi connectivity index (χ4n) is 1.23. The molecule has 2 aromatic rings. The predicted molar refractivity (Wildman–Crippen MR) is 59.7 cm³/mol. The molecule has 2 rings (SSSR count). The average Bonchev–Trinajstić information content (AvgIpc) is 2.55. The Bertz CT molecular complexity index is 572. The Labute approximate surface area is 97.4 Å². The second-order valence-corrected chi connectivity index (χ2v) is 4.77. The first kappa shape index (κ1) is 10.4. The highest BCUT2D eigenvalue weighted by molar-refractivity contribution is 9.10. The summed E-state index contributed by atoms with van der Waals surface area (Å²) in [5.74, 6) is -0.809. The number of halogens is 2. The first-order valence-corrected chi connectivity index (χ1v) is 5.38. The summed E-state index contributed by atoms with van der Waals surface area (Å²) >= 11 is 8.56. The molecular formula is C9H5BrClNO3. The van der Waals surface area contributed by atoms with Gasteiger partial charge in [-0.2, -0.15) is 0 Å². The van der Waals surface area contributed by atoms with Crippen LogP contribution in [0.3, 0.4) is 0 Å². The topological polar surface area (TPSA) is 63.1 Å². The van der Waals surface area contributed by atoms with Crippen LogP contribution in [0.4, 0.5) is 0 Å². The number of aromatic amines is 1. The van der Waals surface area contributed by atoms with E-state index in [-0.39, 0.29) is 5.78 Å². The minimum Gasteiger partial charge on any atom is -0.408 e. The van der Waals surface area contributed by atoms with E-state index in [9.17, 15) is 9.59 Å². The summed E-state index contributed by atoms with van der Waals surface area (Å²) < 4.78 is 4.03. The van der Waals surface area contributed by atoms with E-state index < -0.39 is 10.0 Å². The number of ketones is 1. The third kappa shape index (κ3) is 1.98. The van der Waals surface area contributed by atoms with Crippen molar-refractivity contribution in [1.29, 1.82) is 0 Å². The summed E-state index contributed by atoms with van der Waals surface area (Å²) in [6.07, 6.45) is 0. The number of H-pyrrole nitrogens is 1. The molecule has 0 aliphatic rings. The first-order chi connectivity index (χ1) is 7.08. The number of hydrogen-bond donors (Lipinski definition) is 1. The quantitative estimate of drug-likeness (QED) is 0.681. The molecule has 0 radical (unpaired) electrons. The molecule has 0 aliphatic carbocycles. The Kier molecular flexibility index (Phi) is 2.67. The molecule has 1 N–H and O–H groups in total. The minimum absolute atomic E-state index is 0.263. The van der Waals surface area contributed by atoms with E-state index in [1.54, 1.807) is 12.1 Å². The highest BCUT2D eigenvalue weighted by atomic mass is 79.9. The summed E-state index contributed by atoms with van der Waals surface area (Å²) in [6, 6.07) is 4.63. The highest BCUT2D eigenvalue weighted by Crippen LogP contribution is 2.17. The number of carbonyl (C=O) groups is 1. The van der Waals surface area contributed by atoms with Crippen LogP contribution >= 0.6 is 27.5 Å². The molecule has 4 nitrogen and oxygen atoms in total. The molecule has 0 aliphatic heterocycles. The van der Waals surface area contributed by atoms with Crippen molar-refractivity contribution in [2.75, 3.05) is 0 Å². The number of rotatable bonds is 2. The Morgan fingerprint density at radius 1 is 1.53 bits per heavy atom. The van der Waals surface area contributed by atoms with Crippen molar-refractivity contribution in [3.05, 3.63) is 34.3 Å². The molecule has 1 aromatic carbocycles. The number of oxazole rings is 1. The molecule has 0 saturated heterocycles. The van der Waals surface area contributed by atoms with Gasteiger partial charge in [-0.15, -0.1) is 11.6 Å². The van der Waals surface area contributed by atoms with Gasteiger partial charge in [0.25, 0.3) is 0 Å². The largest absolute Gasteiger partial charge is 0.417 e. The first-order valence-electron chi connectivity index (χ1n) is 4.03. The van der Waals surface area contributed by atoms with Crippen LogP contribution in [0.5, 0.6) is 0 Å². The van der Waals surface area contributed by atoms with Gasteiger partial charge >= 0.3 is 5.76 Å². The van der Waals surface area contributed by atoms with Gasteiger partial charge < -0.3 is 4.42 Å². The maximum absolute atomic E-state index is 11.5. The Morgan fingerprint density at radius 2 is 2.27 bits per heavy atom. The minimum atomic E-state index is -0.770. The van der Waals surface area contributed by atoms with Crippen molar-refractivity contribution in [2.45, 2.75) is 4.29 Å². The average molecular weight is 290 g/mol. The molecule has 78 valence electrons. The van der Waals surface area contributed by atoms with Crippen molar-refractivity contribution in [3.8, 4) is 0 Å². The standard InChI is InChI=1S/C9H5BrClNO3/c10-8(11)7(13)4-1-2-6-5(3-4)12-9(14)15-6/h1-3,8H,(H,12,14). The summed E-state index contributed by atoms with van der Waals surface area (Å²) in [6.45, 7) is 0. The van der Waals surface area contributed by atoms with Gasteiger partial charge in [-0.05, 0) is 18.2 Å². The van der Waals surface area contributed by atoms with E-state index in [4.69, 9.17) is 16.0 Å². The molecule has 0 bridgehead atoms. The molecule has 1 unspecified atom stereocenters. The number of Topliss-reactive ketones (excluding diaryl/α,β-unsaturated/α-hetero) is 1. The van der Waals surface area contributed by atoms with Gasteiger partial charge in [0.2, 0.25) is 0 Å².